The number of piperidine rings is 1. The number of benzene rings is 1. The molecule has 1 aromatic rings. The molecule has 0 radical (unpaired) electrons. The smallest absolute Gasteiger partial charge is 0.193 e. The molecule has 3 rings (SSSR count). The monoisotopic (exact) mass is 314 g/mol. The van der Waals surface area contributed by atoms with Crippen molar-refractivity contribution < 1.29 is 0 Å². The van der Waals surface area contributed by atoms with Gasteiger partial charge in [0.1, 0.15) is 0 Å². The zero-order valence-electron chi connectivity index (χ0n) is 14.4. The van der Waals surface area contributed by atoms with E-state index in [1.807, 2.05) is 0 Å². The van der Waals surface area contributed by atoms with Crippen molar-refractivity contribution in [2.24, 2.45) is 10.7 Å². The van der Waals surface area contributed by atoms with Gasteiger partial charge in [-0.3, -0.25) is 4.99 Å². The van der Waals surface area contributed by atoms with Gasteiger partial charge in [0.05, 0.1) is 0 Å². The van der Waals surface area contributed by atoms with Crippen LogP contribution < -0.4 is 11.1 Å². The summed E-state index contributed by atoms with van der Waals surface area (Å²) < 4.78 is 0. The lowest BCUT2D eigenvalue weighted by atomic mass is 10.0. The number of rotatable bonds is 5. The van der Waals surface area contributed by atoms with Gasteiger partial charge in [0.25, 0.3) is 0 Å². The molecule has 2 aliphatic rings. The number of aliphatic imine (C=N–C) groups is 1. The van der Waals surface area contributed by atoms with E-state index in [-0.39, 0.29) is 0 Å². The van der Waals surface area contributed by atoms with Gasteiger partial charge in [0, 0.05) is 24.8 Å². The summed E-state index contributed by atoms with van der Waals surface area (Å²) in [6.07, 6.45) is 8.83. The van der Waals surface area contributed by atoms with Crippen LogP contribution in [0.4, 0.5) is 5.69 Å². The molecule has 0 amide bonds. The number of hydrogen-bond donors (Lipinski definition) is 2. The zero-order chi connectivity index (χ0) is 16.1. The Morgan fingerprint density at radius 3 is 3.00 bits per heavy atom. The number of likely N-dealkylation sites (tertiary alicyclic amines) is 1. The van der Waals surface area contributed by atoms with Gasteiger partial charge >= 0.3 is 0 Å². The molecule has 1 saturated heterocycles. The molecule has 1 unspecified atom stereocenters. The number of nitrogens with two attached hydrogens (primary N) is 1. The van der Waals surface area contributed by atoms with Crippen LogP contribution in [-0.4, -0.2) is 36.5 Å². The van der Waals surface area contributed by atoms with E-state index in [0.717, 1.165) is 31.2 Å². The van der Waals surface area contributed by atoms with Crippen LogP contribution >= 0.6 is 0 Å². The molecule has 0 spiro atoms. The maximum Gasteiger partial charge on any atom is 0.193 e. The Bertz CT molecular complexity index is 552. The van der Waals surface area contributed by atoms with Crippen molar-refractivity contribution in [1.29, 1.82) is 0 Å². The molecule has 3 N–H and O–H groups in total. The summed E-state index contributed by atoms with van der Waals surface area (Å²) in [5, 5.41) is 3.23. The van der Waals surface area contributed by atoms with Gasteiger partial charge in [0.2, 0.25) is 0 Å². The van der Waals surface area contributed by atoms with Crippen molar-refractivity contribution in [3.8, 4) is 0 Å². The number of guanidine groups is 1. The molecule has 1 fully saturated rings. The summed E-state index contributed by atoms with van der Waals surface area (Å²) in [5.41, 5.74) is 10.0. The number of aryl methyl sites for hydroxylation is 2. The van der Waals surface area contributed by atoms with Crippen LogP contribution in [0.15, 0.2) is 23.2 Å². The molecular formula is C19H30N4. The van der Waals surface area contributed by atoms with Crippen LogP contribution in [0.5, 0.6) is 0 Å². The molecule has 126 valence electrons. The number of anilines is 1. The summed E-state index contributed by atoms with van der Waals surface area (Å²) in [5.74, 6) is 0.537. The largest absolute Gasteiger partial charge is 0.370 e. The Kier molecular flexibility index (Phi) is 5.55. The van der Waals surface area contributed by atoms with Crippen molar-refractivity contribution in [2.75, 3.05) is 25.0 Å². The Morgan fingerprint density at radius 2 is 2.13 bits per heavy atom. The van der Waals surface area contributed by atoms with E-state index < -0.39 is 0 Å². The molecule has 1 aromatic carbocycles. The van der Waals surface area contributed by atoms with Gasteiger partial charge < -0.3 is 16.0 Å². The van der Waals surface area contributed by atoms with Crippen LogP contribution in [0.3, 0.4) is 0 Å². The Hall–Kier alpha value is -1.55. The van der Waals surface area contributed by atoms with Crippen molar-refractivity contribution in [3.63, 3.8) is 0 Å². The molecule has 4 heteroatoms. The minimum Gasteiger partial charge on any atom is -0.370 e. The van der Waals surface area contributed by atoms with Crippen LogP contribution in [-0.2, 0) is 12.8 Å². The summed E-state index contributed by atoms with van der Waals surface area (Å²) >= 11 is 0. The predicted molar refractivity (Wildman–Crippen MR) is 98.1 cm³/mol. The summed E-state index contributed by atoms with van der Waals surface area (Å²) in [4.78, 5) is 7.07. The summed E-state index contributed by atoms with van der Waals surface area (Å²) in [6, 6.07) is 7.28. The van der Waals surface area contributed by atoms with Crippen LogP contribution in [0, 0.1) is 0 Å². The molecular weight excluding hydrogens is 284 g/mol. The number of fused-ring (bicyclic) bond motifs is 1. The molecule has 0 saturated carbocycles. The average Bonchev–Trinajstić information content (AvgIpc) is 3.01. The van der Waals surface area contributed by atoms with Gasteiger partial charge in [-0.1, -0.05) is 12.5 Å². The second kappa shape index (κ2) is 7.82. The lowest BCUT2D eigenvalue weighted by Crippen LogP contribution is -2.38. The molecule has 1 aliphatic carbocycles. The van der Waals surface area contributed by atoms with Crippen LogP contribution in [0.25, 0.3) is 0 Å². The topological polar surface area (TPSA) is 53.6 Å². The lowest BCUT2D eigenvalue weighted by molar-refractivity contribution is 0.160. The predicted octanol–water partition coefficient (Wildman–Crippen LogP) is 3.17. The fraction of sp³-hybridized carbons (Fsp3) is 0.632. The highest BCUT2D eigenvalue weighted by Crippen LogP contribution is 2.24. The third-order valence-electron chi connectivity index (χ3n) is 5.20. The van der Waals surface area contributed by atoms with Crippen molar-refractivity contribution in [2.45, 2.75) is 57.9 Å². The van der Waals surface area contributed by atoms with Crippen LogP contribution in [0.2, 0.25) is 0 Å². The van der Waals surface area contributed by atoms with Crippen molar-refractivity contribution in [3.05, 3.63) is 29.3 Å². The first kappa shape index (κ1) is 16.3. The average molecular weight is 314 g/mol. The quantitative estimate of drug-likeness (QED) is 0.499. The Morgan fingerprint density at radius 1 is 1.26 bits per heavy atom. The molecule has 4 nitrogen and oxygen atoms in total. The minimum atomic E-state index is 0.537. The van der Waals surface area contributed by atoms with Gasteiger partial charge in [-0.25, -0.2) is 0 Å². The van der Waals surface area contributed by atoms with E-state index in [1.54, 1.807) is 0 Å². The highest BCUT2D eigenvalue weighted by atomic mass is 15.2. The Balaban J connectivity index is 1.43. The standard InChI is InChI=1S/C19H30N4/c1-15-6-2-3-12-23(15)13-5-11-21-19(20)22-18-10-9-16-7-4-8-17(16)14-18/h9-10,14-15H,2-8,11-13H2,1H3,(H3,20,21,22). The van der Waals surface area contributed by atoms with Gasteiger partial charge in [0.15, 0.2) is 5.96 Å². The lowest BCUT2D eigenvalue weighted by Gasteiger charge is -2.33. The normalized spacial score (nSPS) is 22.1. The highest BCUT2D eigenvalue weighted by molar-refractivity contribution is 5.92. The number of nitrogens with one attached hydrogen (secondary N) is 1. The number of nitrogens with zero attached hydrogens (tertiary/aromatic N) is 2. The first-order valence-corrected chi connectivity index (χ1v) is 9.15. The first-order chi connectivity index (χ1) is 11.2. The molecule has 0 bridgehead atoms. The summed E-state index contributed by atoms with van der Waals surface area (Å²) in [6.45, 7) is 5.52. The fourth-order valence-corrected chi connectivity index (χ4v) is 3.80. The fourth-order valence-electron chi connectivity index (χ4n) is 3.80. The van der Waals surface area contributed by atoms with Crippen LogP contribution in [0.1, 0.15) is 50.2 Å². The maximum absolute atomic E-state index is 6.02. The highest BCUT2D eigenvalue weighted by Gasteiger charge is 2.17. The van der Waals surface area contributed by atoms with Crippen molar-refractivity contribution >= 4 is 11.6 Å². The zero-order valence-corrected chi connectivity index (χ0v) is 14.4. The molecule has 1 atom stereocenters. The van der Waals surface area contributed by atoms with E-state index in [1.165, 1.54) is 56.2 Å². The molecule has 1 aliphatic heterocycles. The van der Waals surface area contributed by atoms with E-state index >= 15 is 0 Å². The van der Waals surface area contributed by atoms with E-state index in [0.29, 0.717) is 5.96 Å². The third kappa shape index (κ3) is 4.47. The molecule has 1 heterocycles. The van der Waals surface area contributed by atoms with Gasteiger partial charge in [-0.15, -0.1) is 0 Å². The van der Waals surface area contributed by atoms with Crippen molar-refractivity contribution in [1.82, 2.24) is 4.90 Å². The maximum atomic E-state index is 6.02. The molecule has 23 heavy (non-hydrogen) atoms. The second-order valence-electron chi connectivity index (χ2n) is 6.96. The van der Waals surface area contributed by atoms with E-state index in [2.05, 4.69) is 40.3 Å². The summed E-state index contributed by atoms with van der Waals surface area (Å²) in [7, 11) is 0. The Labute approximate surface area is 140 Å². The van der Waals surface area contributed by atoms with Gasteiger partial charge in [-0.2, -0.15) is 0 Å². The first-order valence-electron chi connectivity index (χ1n) is 9.15. The van der Waals surface area contributed by atoms with E-state index in [4.69, 9.17) is 5.73 Å². The molecule has 0 aromatic heterocycles. The third-order valence-corrected chi connectivity index (χ3v) is 5.20. The number of hydrogen-bond acceptors (Lipinski definition) is 2. The van der Waals surface area contributed by atoms with Gasteiger partial charge in [-0.05, 0) is 75.3 Å². The van der Waals surface area contributed by atoms with E-state index in [9.17, 15) is 0 Å². The SMILES string of the molecule is CC1CCCCN1CCCN=C(N)Nc1ccc2c(c1)CCC2. The second-order valence-corrected chi connectivity index (χ2v) is 6.96. The minimum absolute atomic E-state index is 0.537.